The molecule has 0 fully saturated rings. The quantitative estimate of drug-likeness (QED) is 0.805. The first kappa shape index (κ1) is 10.8. The smallest absolute Gasteiger partial charge is 0.0468 e. The first-order chi connectivity index (χ1) is 6.04. The highest BCUT2D eigenvalue weighted by Gasteiger charge is 2.16. The molecule has 0 aliphatic carbocycles. The van der Waals surface area contributed by atoms with E-state index in [-0.39, 0.29) is 6.04 Å². The molecule has 3 heteroatoms. The molecule has 0 aliphatic heterocycles. The fraction of sp³-hybridized carbons (Fsp3) is 0.400. The van der Waals surface area contributed by atoms with Crippen molar-refractivity contribution < 1.29 is 0 Å². The molecule has 0 saturated carbocycles. The number of hydrogen-bond donors (Lipinski definition) is 1. The third-order valence-electron chi connectivity index (χ3n) is 2.05. The van der Waals surface area contributed by atoms with Gasteiger partial charge < -0.3 is 5.73 Å². The van der Waals surface area contributed by atoms with Crippen molar-refractivity contribution in [2.75, 3.05) is 0 Å². The number of benzene rings is 1. The summed E-state index contributed by atoms with van der Waals surface area (Å²) in [6.45, 7) is 4.09. The maximum Gasteiger partial charge on any atom is 0.0468 e. The van der Waals surface area contributed by atoms with Crippen LogP contribution in [0.4, 0.5) is 0 Å². The van der Waals surface area contributed by atoms with Crippen LogP contribution in [0.25, 0.3) is 0 Å². The molecular formula is C10H13Cl2N. The van der Waals surface area contributed by atoms with Crippen molar-refractivity contribution in [2.24, 2.45) is 11.7 Å². The Balaban J connectivity index is 3.12. The summed E-state index contributed by atoms with van der Waals surface area (Å²) in [5.74, 6) is 0.331. The van der Waals surface area contributed by atoms with E-state index in [1.54, 1.807) is 0 Å². The van der Waals surface area contributed by atoms with Crippen LogP contribution in [-0.4, -0.2) is 0 Å². The normalized spacial score (nSPS) is 13.4. The summed E-state index contributed by atoms with van der Waals surface area (Å²) in [5, 5.41) is 1.29. The Morgan fingerprint density at radius 1 is 1.15 bits per heavy atom. The lowest BCUT2D eigenvalue weighted by Crippen LogP contribution is -2.17. The third kappa shape index (κ3) is 2.37. The van der Waals surface area contributed by atoms with Gasteiger partial charge in [-0.25, -0.2) is 0 Å². The molecule has 0 amide bonds. The second-order valence-electron chi connectivity index (χ2n) is 3.41. The van der Waals surface area contributed by atoms with E-state index in [9.17, 15) is 0 Å². The zero-order valence-corrected chi connectivity index (χ0v) is 9.23. The maximum absolute atomic E-state index is 6.00. The van der Waals surface area contributed by atoms with Crippen LogP contribution in [-0.2, 0) is 0 Å². The summed E-state index contributed by atoms with van der Waals surface area (Å²) < 4.78 is 0. The first-order valence-electron chi connectivity index (χ1n) is 4.23. The summed E-state index contributed by atoms with van der Waals surface area (Å²) in [6, 6.07) is 5.35. The van der Waals surface area contributed by atoms with E-state index in [1.807, 2.05) is 32.0 Å². The minimum absolute atomic E-state index is 0.0961. The monoisotopic (exact) mass is 217 g/mol. The first-order valence-corrected chi connectivity index (χ1v) is 4.99. The number of rotatable bonds is 2. The van der Waals surface area contributed by atoms with Crippen molar-refractivity contribution in [3.05, 3.63) is 33.8 Å². The van der Waals surface area contributed by atoms with Crippen LogP contribution in [0.2, 0.25) is 10.0 Å². The topological polar surface area (TPSA) is 26.0 Å². The Kier molecular flexibility index (Phi) is 3.60. The highest BCUT2D eigenvalue weighted by atomic mass is 35.5. The van der Waals surface area contributed by atoms with Gasteiger partial charge in [0.1, 0.15) is 0 Å². The second kappa shape index (κ2) is 4.32. The van der Waals surface area contributed by atoms with E-state index in [0.717, 1.165) is 5.56 Å². The Morgan fingerprint density at radius 3 is 2.00 bits per heavy atom. The van der Waals surface area contributed by atoms with E-state index in [2.05, 4.69) is 0 Å². The Hall–Kier alpha value is -0.240. The van der Waals surface area contributed by atoms with Crippen LogP contribution in [0.3, 0.4) is 0 Å². The van der Waals surface area contributed by atoms with Crippen molar-refractivity contribution in [1.82, 2.24) is 0 Å². The van der Waals surface area contributed by atoms with E-state index in [1.165, 1.54) is 0 Å². The maximum atomic E-state index is 6.00. The van der Waals surface area contributed by atoms with Crippen LogP contribution in [0.1, 0.15) is 25.5 Å². The van der Waals surface area contributed by atoms with Crippen LogP contribution < -0.4 is 5.73 Å². The van der Waals surface area contributed by atoms with Crippen molar-refractivity contribution in [1.29, 1.82) is 0 Å². The molecular weight excluding hydrogens is 205 g/mol. The Labute approximate surface area is 88.8 Å². The fourth-order valence-corrected chi connectivity index (χ4v) is 1.81. The molecule has 0 spiro atoms. The number of nitrogens with two attached hydrogens (primary N) is 1. The minimum Gasteiger partial charge on any atom is -0.324 e. The Bertz CT molecular complexity index is 277. The average Bonchev–Trinajstić information content (AvgIpc) is 2.03. The minimum atomic E-state index is -0.0961. The van der Waals surface area contributed by atoms with Gasteiger partial charge in [-0.05, 0) is 18.1 Å². The number of hydrogen-bond acceptors (Lipinski definition) is 1. The second-order valence-corrected chi connectivity index (χ2v) is 4.22. The summed E-state index contributed by atoms with van der Waals surface area (Å²) in [4.78, 5) is 0. The molecule has 1 aromatic rings. The van der Waals surface area contributed by atoms with Gasteiger partial charge in [0, 0.05) is 21.7 Å². The van der Waals surface area contributed by atoms with Gasteiger partial charge in [0.15, 0.2) is 0 Å². The van der Waals surface area contributed by atoms with Crippen LogP contribution in [0, 0.1) is 5.92 Å². The van der Waals surface area contributed by atoms with Gasteiger partial charge in [-0.3, -0.25) is 0 Å². The van der Waals surface area contributed by atoms with Gasteiger partial charge in [-0.1, -0.05) is 43.1 Å². The third-order valence-corrected chi connectivity index (χ3v) is 2.71. The van der Waals surface area contributed by atoms with Gasteiger partial charge >= 0.3 is 0 Å². The molecule has 1 atom stereocenters. The average molecular weight is 218 g/mol. The van der Waals surface area contributed by atoms with Gasteiger partial charge in [0.25, 0.3) is 0 Å². The predicted molar refractivity (Wildman–Crippen MR) is 58.2 cm³/mol. The molecule has 2 N–H and O–H groups in total. The van der Waals surface area contributed by atoms with Gasteiger partial charge in [0.2, 0.25) is 0 Å². The van der Waals surface area contributed by atoms with Crippen LogP contribution >= 0.6 is 23.2 Å². The molecule has 0 saturated heterocycles. The van der Waals surface area contributed by atoms with E-state index in [0.29, 0.717) is 16.0 Å². The van der Waals surface area contributed by atoms with Crippen molar-refractivity contribution in [2.45, 2.75) is 19.9 Å². The van der Waals surface area contributed by atoms with Gasteiger partial charge in [-0.15, -0.1) is 0 Å². The molecule has 1 rings (SSSR count). The molecule has 0 bridgehead atoms. The lowest BCUT2D eigenvalue weighted by molar-refractivity contribution is 0.514. The van der Waals surface area contributed by atoms with E-state index < -0.39 is 0 Å². The SMILES string of the molecule is CC(C)[C@@H](N)c1c(Cl)cccc1Cl. The zero-order chi connectivity index (χ0) is 10.0. The summed E-state index contributed by atoms with van der Waals surface area (Å²) in [7, 11) is 0. The molecule has 0 aliphatic rings. The summed E-state index contributed by atoms with van der Waals surface area (Å²) >= 11 is 12.0. The standard InChI is InChI=1S/C10H13Cl2N/c1-6(2)10(13)9-7(11)4-3-5-8(9)12/h3-6,10H,13H2,1-2H3/t10-/m1/s1. The van der Waals surface area contributed by atoms with Crippen molar-refractivity contribution >= 4 is 23.2 Å². The van der Waals surface area contributed by atoms with Gasteiger partial charge in [0.05, 0.1) is 0 Å². The molecule has 72 valence electrons. The van der Waals surface area contributed by atoms with Crippen molar-refractivity contribution in [3.8, 4) is 0 Å². The molecule has 13 heavy (non-hydrogen) atoms. The number of halogens is 2. The van der Waals surface area contributed by atoms with E-state index >= 15 is 0 Å². The van der Waals surface area contributed by atoms with Crippen LogP contribution in [0.5, 0.6) is 0 Å². The van der Waals surface area contributed by atoms with Crippen LogP contribution in [0.15, 0.2) is 18.2 Å². The molecule has 0 heterocycles. The lowest BCUT2D eigenvalue weighted by atomic mass is 9.97. The van der Waals surface area contributed by atoms with Gasteiger partial charge in [-0.2, -0.15) is 0 Å². The predicted octanol–water partition coefficient (Wildman–Crippen LogP) is 3.65. The zero-order valence-electron chi connectivity index (χ0n) is 7.72. The molecule has 1 nitrogen and oxygen atoms in total. The summed E-state index contributed by atoms with van der Waals surface area (Å²) in [5.41, 5.74) is 6.82. The molecule has 0 unspecified atom stereocenters. The molecule has 0 aromatic heterocycles. The van der Waals surface area contributed by atoms with E-state index in [4.69, 9.17) is 28.9 Å². The highest BCUT2D eigenvalue weighted by Crippen LogP contribution is 2.32. The highest BCUT2D eigenvalue weighted by molar-refractivity contribution is 6.36. The lowest BCUT2D eigenvalue weighted by Gasteiger charge is -2.18. The largest absolute Gasteiger partial charge is 0.324 e. The van der Waals surface area contributed by atoms with Crippen molar-refractivity contribution in [3.63, 3.8) is 0 Å². The molecule has 1 aromatic carbocycles. The Morgan fingerprint density at radius 2 is 1.62 bits per heavy atom. The summed E-state index contributed by atoms with van der Waals surface area (Å²) in [6.07, 6.45) is 0. The molecule has 0 radical (unpaired) electrons. The fourth-order valence-electron chi connectivity index (χ4n) is 1.16.